The molecule has 1 amide bonds. The largest absolute Gasteiger partial charge is 0.338 e. The molecule has 28 heavy (non-hydrogen) atoms. The molecule has 150 valence electrons. The molecule has 1 unspecified atom stereocenters. The minimum absolute atomic E-state index is 0.0269. The predicted octanol–water partition coefficient (Wildman–Crippen LogP) is 3.85. The first-order valence-corrected chi connectivity index (χ1v) is 11.2. The van der Waals surface area contributed by atoms with Crippen molar-refractivity contribution >= 4 is 39.1 Å². The third-order valence-electron chi connectivity index (χ3n) is 4.99. The second-order valence-corrected chi connectivity index (χ2v) is 9.78. The quantitative estimate of drug-likeness (QED) is 0.685. The maximum atomic E-state index is 12.8. The molecule has 3 rings (SSSR count). The Morgan fingerprint density at radius 3 is 2.50 bits per heavy atom. The highest BCUT2D eigenvalue weighted by molar-refractivity contribution is 7.89. The molecule has 8 heteroatoms. The van der Waals surface area contributed by atoms with Crippen LogP contribution in [0.5, 0.6) is 0 Å². The average molecular weight is 441 g/mol. The van der Waals surface area contributed by atoms with E-state index < -0.39 is 10.0 Å². The molecule has 0 spiro atoms. The zero-order valence-electron chi connectivity index (χ0n) is 15.5. The van der Waals surface area contributed by atoms with Crippen molar-refractivity contribution in [3.8, 4) is 0 Å². The van der Waals surface area contributed by atoms with Crippen LogP contribution in [-0.2, 0) is 21.2 Å². The molecule has 0 aromatic heterocycles. The Labute approximate surface area is 175 Å². The van der Waals surface area contributed by atoms with Crippen LogP contribution in [0.2, 0.25) is 10.0 Å². The molecule has 2 aromatic rings. The first kappa shape index (κ1) is 21.1. The monoisotopic (exact) mass is 440 g/mol. The third kappa shape index (κ3) is 4.69. The third-order valence-corrected chi connectivity index (χ3v) is 7.43. The van der Waals surface area contributed by atoms with Crippen molar-refractivity contribution in [1.82, 2.24) is 9.21 Å². The van der Waals surface area contributed by atoms with E-state index in [0.717, 1.165) is 22.7 Å². The molecule has 0 N–H and O–H groups in total. The molecule has 0 radical (unpaired) electrons. The molecular formula is C20H22Cl2N2O3S. The number of halogens is 2. The van der Waals surface area contributed by atoms with Crippen molar-refractivity contribution in [2.45, 2.75) is 30.2 Å². The van der Waals surface area contributed by atoms with Gasteiger partial charge in [-0.2, -0.15) is 4.31 Å². The minimum atomic E-state index is -3.76. The van der Waals surface area contributed by atoms with Crippen LogP contribution in [0.1, 0.15) is 18.4 Å². The van der Waals surface area contributed by atoms with Crippen LogP contribution >= 0.6 is 23.2 Å². The Hall–Kier alpha value is -1.60. The smallest absolute Gasteiger partial charge is 0.243 e. The fourth-order valence-corrected chi connectivity index (χ4v) is 4.91. The van der Waals surface area contributed by atoms with Crippen LogP contribution in [0.15, 0.2) is 53.4 Å². The zero-order valence-corrected chi connectivity index (χ0v) is 17.8. The van der Waals surface area contributed by atoms with Crippen LogP contribution in [0.4, 0.5) is 0 Å². The van der Waals surface area contributed by atoms with E-state index in [1.54, 1.807) is 4.90 Å². The standard InChI is InChI=1S/C20H22Cl2N2O3S/c1-23(28(26,27)18-10-8-16(21)9-11-18)14-20(25)24-12-4-6-17(24)13-15-5-2-3-7-19(15)22/h2-3,5,7-11,17H,4,6,12-14H2,1H3. The van der Waals surface area contributed by atoms with E-state index in [0.29, 0.717) is 23.0 Å². The summed E-state index contributed by atoms with van der Waals surface area (Å²) in [4.78, 5) is 14.7. The van der Waals surface area contributed by atoms with Gasteiger partial charge in [0, 0.05) is 29.7 Å². The van der Waals surface area contributed by atoms with Crippen LogP contribution in [0, 0.1) is 0 Å². The summed E-state index contributed by atoms with van der Waals surface area (Å²) < 4.78 is 26.5. The number of hydrogen-bond acceptors (Lipinski definition) is 3. The summed E-state index contributed by atoms with van der Waals surface area (Å²) in [6.07, 6.45) is 2.44. The highest BCUT2D eigenvalue weighted by Gasteiger charge is 2.32. The van der Waals surface area contributed by atoms with Crippen molar-refractivity contribution < 1.29 is 13.2 Å². The summed E-state index contributed by atoms with van der Waals surface area (Å²) in [7, 11) is -2.34. The molecule has 1 atom stereocenters. The van der Waals surface area contributed by atoms with E-state index in [9.17, 15) is 13.2 Å². The second-order valence-electron chi connectivity index (χ2n) is 6.89. The molecule has 5 nitrogen and oxygen atoms in total. The van der Waals surface area contributed by atoms with Crippen molar-refractivity contribution in [1.29, 1.82) is 0 Å². The van der Waals surface area contributed by atoms with Gasteiger partial charge in [-0.15, -0.1) is 0 Å². The number of carbonyl (C=O) groups is 1. The summed E-state index contributed by atoms with van der Waals surface area (Å²) in [5.41, 5.74) is 0.996. The van der Waals surface area contributed by atoms with Crippen molar-refractivity contribution in [2.75, 3.05) is 20.1 Å². The number of hydrogen-bond donors (Lipinski definition) is 0. The molecule has 1 aliphatic rings. The maximum absolute atomic E-state index is 12.8. The Bertz CT molecular complexity index is 948. The number of likely N-dealkylation sites (N-methyl/N-ethyl adjacent to an activating group) is 1. The van der Waals surface area contributed by atoms with Gasteiger partial charge in [0.1, 0.15) is 0 Å². The van der Waals surface area contributed by atoms with Crippen LogP contribution in [0.3, 0.4) is 0 Å². The van der Waals surface area contributed by atoms with Crippen LogP contribution in [0.25, 0.3) is 0 Å². The SMILES string of the molecule is CN(CC(=O)N1CCCC1Cc1ccccc1Cl)S(=O)(=O)c1ccc(Cl)cc1. The molecule has 2 aromatic carbocycles. The summed E-state index contributed by atoms with van der Waals surface area (Å²) in [5.74, 6) is -0.199. The van der Waals surface area contributed by atoms with Gasteiger partial charge >= 0.3 is 0 Å². The van der Waals surface area contributed by atoms with Gasteiger partial charge in [-0.05, 0) is 55.2 Å². The average Bonchev–Trinajstić information content (AvgIpc) is 3.12. The number of benzene rings is 2. The van der Waals surface area contributed by atoms with Gasteiger partial charge in [-0.25, -0.2) is 8.42 Å². The summed E-state index contributed by atoms with van der Waals surface area (Å²) in [6.45, 7) is 0.423. The van der Waals surface area contributed by atoms with E-state index in [4.69, 9.17) is 23.2 Å². The number of amides is 1. The molecular weight excluding hydrogens is 419 g/mol. The van der Waals surface area contributed by atoms with E-state index >= 15 is 0 Å². The highest BCUT2D eigenvalue weighted by Crippen LogP contribution is 2.25. The first-order chi connectivity index (χ1) is 13.3. The van der Waals surface area contributed by atoms with Gasteiger partial charge in [0.05, 0.1) is 11.4 Å². The Morgan fingerprint density at radius 2 is 1.82 bits per heavy atom. The first-order valence-electron chi connectivity index (χ1n) is 9.04. The fraction of sp³-hybridized carbons (Fsp3) is 0.350. The van der Waals surface area contributed by atoms with Gasteiger partial charge in [-0.3, -0.25) is 4.79 Å². The Kier molecular flexibility index (Phi) is 6.65. The summed E-state index contributed by atoms with van der Waals surface area (Å²) >= 11 is 12.1. The lowest BCUT2D eigenvalue weighted by Gasteiger charge is -2.27. The Balaban J connectivity index is 1.69. The van der Waals surface area contributed by atoms with Gasteiger partial charge in [0.15, 0.2) is 0 Å². The second kappa shape index (κ2) is 8.82. The lowest BCUT2D eigenvalue weighted by atomic mass is 10.0. The van der Waals surface area contributed by atoms with E-state index in [-0.39, 0.29) is 23.4 Å². The molecule has 0 aliphatic carbocycles. The number of sulfonamides is 1. The summed E-state index contributed by atoms with van der Waals surface area (Å²) in [6, 6.07) is 13.5. The van der Waals surface area contributed by atoms with Crippen molar-refractivity contribution in [2.24, 2.45) is 0 Å². The molecule has 1 aliphatic heterocycles. The number of likely N-dealkylation sites (tertiary alicyclic amines) is 1. The molecule has 1 fully saturated rings. The molecule has 1 heterocycles. The number of nitrogens with zero attached hydrogens (tertiary/aromatic N) is 2. The van der Waals surface area contributed by atoms with E-state index in [1.807, 2.05) is 24.3 Å². The highest BCUT2D eigenvalue weighted by atomic mass is 35.5. The van der Waals surface area contributed by atoms with Crippen molar-refractivity contribution in [3.63, 3.8) is 0 Å². The van der Waals surface area contributed by atoms with Crippen molar-refractivity contribution in [3.05, 3.63) is 64.1 Å². The van der Waals surface area contributed by atoms with Gasteiger partial charge < -0.3 is 4.90 Å². The van der Waals surface area contributed by atoms with Gasteiger partial charge in [0.2, 0.25) is 15.9 Å². The lowest BCUT2D eigenvalue weighted by molar-refractivity contribution is -0.132. The maximum Gasteiger partial charge on any atom is 0.243 e. The van der Waals surface area contributed by atoms with E-state index in [1.165, 1.54) is 31.3 Å². The number of carbonyl (C=O) groups excluding carboxylic acids is 1. The van der Waals surface area contributed by atoms with Gasteiger partial charge in [-0.1, -0.05) is 41.4 Å². The Morgan fingerprint density at radius 1 is 1.14 bits per heavy atom. The molecule has 0 bridgehead atoms. The fourth-order valence-electron chi connectivity index (χ4n) is 3.45. The predicted molar refractivity (Wildman–Crippen MR) is 111 cm³/mol. The van der Waals surface area contributed by atoms with E-state index in [2.05, 4.69) is 0 Å². The minimum Gasteiger partial charge on any atom is -0.338 e. The normalized spacial score (nSPS) is 17.3. The zero-order chi connectivity index (χ0) is 20.3. The van der Waals surface area contributed by atoms with Crippen LogP contribution in [-0.4, -0.2) is 49.7 Å². The van der Waals surface area contributed by atoms with Gasteiger partial charge in [0.25, 0.3) is 0 Å². The van der Waals surface area contributed by atoms with Crippen LogP contribution < -0.4 is 0 Å². The number of rotatable bonds is 6. The molecule has 0 saturated carbocycles. The summed E-state index contributed by atoms with van der Waals surface area (Å²) in [5, 5.41) is 1.14. The topological polar surface area (TPSA) is 57.7 Å². The lowest BCUT2D eigenvalue weighted by Crippen LogP contribution is -2.44. The molecule has 1 saturated heterocycles.